The van der Waals surface area contributed by atoms with E-state index in [4.69, 9.17) is 0 Å². The molecular weight excluding hydrogens is 335 g/mol. The molecule has 2 amide bonds. The third-order valence-electron chi connectivity index (χ3n) is 2.76. The van der Waals surface area contributed by atoms with Gasteiger partial charge in [0.05, 0.1) is 16.8 Å². The van der Waals surface area contributed by atoms with E-state index < -0.39 is 12.3 Å². The Hall–Kier alpha value is -2.36. The smallest absolute Gasteiger partial charge is 0.406 e. The lowest BCUT2D eigenvalue weighted by Gasteiger charge is -2.13. The van der Waals surface area contributed by atoms with E-state index in [9.17, 15) is 22.8 Å². The van der Waals surface area contributed by atoms with Crippen molar-refractivity contribution >= 4 is 38.5 Å². The average Bonchev–Trinajstić information content (AvgIpc) is 2.77. The van der Waals surface area contributed by atoms with Gasteiger partial charge < -0.3 is 15.0 Å². The first kappa shape index (κ1) is 17.0. The lowest BCUT2D eigenvalue weighted by Crippen LogP contribution is -2.33. The minimum absolute atomic E-state index is 0.145. The number of halogens is 3. The maximum Gasteiger partial charge on any atom is 0.573 e. The number of nitrogens with one attached hydrogen (secondary N) is 1. The summed E-state index contributed by atoms with van der Waals surface area (Å²) in [7, 11) is 1.47. The van der Waals surface area contributed by atoms with Crippen LogP contribution in [0.2, 0.25) is 0 Å². The van der Waals surface area contributed by atoms with Gasteiger partial charge in [0.1, 0.15) is 5.75 Å². The van der Waals surface area contributed by atoms with Gasteiger partial charge in [0.2, 0.25) is 11.8 Å². The third-order valence-corrected chi connectivity index (χ3v) is 3.69. The molecule has 1 aromatic heterocycles. The zero-order valence-corrected chi connectivity index (χ0v) is 12.9. The number of likely N-dealkylation sites (N-methyl/N-ethyl adjacent to an activating group) is 1. The van der Waals surface area contributed by atoms with E-state index in [0.29, 0.717) is 10.2 Å². The van der Waals surface area contributed by atoms with Gasteiger partial charge >= 0.3 is 6.36 Å². The van der Waals surface area contributed by atoms with Crippen LogP contribution in [0, 0.1) is 0 Å². The summed E-state index contributed by atoms with van der Waals surface area (Å²) in [6.45, 7) is 1.18. The molecule has 1 N–H and O–H groups in total. The first-order chi connectivity index (χ1) is 10.6. The van der Waals surface area contributed by atoms with Crippen molar-refractivity contribution in [1.29, 1.82) is 0 Å². The minimum Gasteiger partial charge on any atom is -0.406 e. The predicted octanol–water partition coefficient (Wildman–Crippen LogP) is 2.61. The molecular formula is C13H12F3N3O3S. The van der Waals surface area contributed by atoms with Gasteiger partial charge in [-0.2, -0.15) is 0 Å². The van der Waals surface area contributed by atoms with Gasteiger partial charge in [0.15, 0.2) is 5.13 Å². The highest BCUT2D eigenvalue weighted by atomic mass is 32.1. The topological polar surface area (TPSA) is 71.5 Å². The van der Waals surface area contributed by atoms with E-state index in [1.165, 1.54) is 31.0 Å². The number of hydrogen-bond donors (Lipinski definition) is 1. The van der Waals surface area contributed by atoms with Crippen LogP contribution >= 0.6 is 11.3 Å². The number of carbonyl (C=O) groups excluding carboxylic acids is 2. The Morgan fingerprint density at radius 1 is 1.39 bits per heavy atom. The van der Waals surface area contributed by atoms with Crippen molar-refractivity contribution in [3.8, 4) is 5.75 Å². The summed E-state index contributed by atoms with van der Waals surface area (Å²) in [5.41, 5.74) is 0.430. The number of alkyl halides is 3. The maximum absolute atomic E-state index is 12.2. The number of carbonyl (C=O) groups is 2. The molecule has 0 atom stereocenters. The second kappa shape index (κ2) is 6.41. The van der Waals surface area contributed by atoms with Gasteiger partial charge in [-0.3, -0.25) is 9.59 Å². The maximum atomic E-state index is 12.2. The fourth-order valence-electron chi connectivity index (χ4n) is 1.64. The summed E-state index contributed by atoms with van der Waals surface area (Å²) in [5.74, 6) is -1.07. The molecule has 1 heterocycles. The van der Waals surface area contributed by atoms with Gasteiger partial charge in [-0.25, -0.2) is 4.98 Å². The van der Waals surface area contributed by atoms with Gasteiger partial charge in [-0.05, 0) is 12.1 Å². The zero-order valence-electron chi connectivity index (χ0n) is 12.1. The quantitative estimate of drug-likeness (QED) is 0.923. The SMILES string of the molecule is CC(=O)N(C)CC(=O)Nc1nc2ccc(OC(F)(F)F)cc2s1. The van der Waals surface area contributed by atoms with Crippen LogP contribution < -0.4 is 10.1 Å². The van der Waals surface area contributed by atoms with Crippen molar-refractivity contribution in [3.05, 3.63) is 18.2 Å². The summed E-state index contributed by atoms with van der Waals surface area (Å²) in [6.07, 6.45) is -4.77. The van der Waals surface area contributed by atoms with Crippen molar-refractivity contribution in [2.75, 3.05) is 18.9 Å². The molecule has 0 fully saturated rings. The number of aromatic nitrogens is 1. The van der Waals surface area contributed by atoms with E-state index in [1.54, 1.807) is 0 Å². The van der Waals surface area contributed by atoms with Crippen LogP contribution in [0.4, 0.5) is 18.3 Å². The van der Waals surface area contributed by atoms with Crippen molar-refractivity contribution in [1.82, 2.24) is 9.88 Å². The number of nitrogens with zero attached hydrogens (tertiary/aromatic N) is 2. The molecule has 1 aromatic carbocycles. The average molecular weight is 347 g/mol. The lowest BCUT2D eigenvalue weighted by atomic mass is 10.3. The summed E-state index contributed by atoms with van der Waals surface area (Å²) < 4.78 is 40.8. The van der Waals surface area contributed by atoms with Crippen LogP contribution in [0.1, 0.15) is 6.92 Å². The number of rotatable bonds is 4. The fourth-order valence-corrected chi connectivity index (χ4v) is 2.55. The van der Waals surface area contributed by atoms with E-state index in [2.05, 4.69) is 15.0 Å². The largest absolute Gasteiger partial charge is 0.573 e. The molecule has 10 heteroatoms. The van der Waals surface area contributed by atoms with E-state index in [1.807, 2.05) is 0 Å². The van der Waals surface area contributed by atoms with Crippen molar-refractivity contribution < 1.29 is 27.5 Å². The highest BCUT2D eigenvalue weighted by Gasteiger charge is 2.31. The van der Waals surface area contributed by atoms with Crippen molar-refractivity contribution in [2.24, 2.45) is 0 Å². The number of fused-ring (bicyclic) bond motifs is 1. The number of ether oxygens (including phenoxy) is 1. The second-order valence-corrected chi connectivity index (χ2v) is 5.65. The number of anilines is 1. The van der Waals surface area contributed by atoms with E-state index in [0.717, 1.165) is 17.4 Å². The Kier molecular flexibility index (Phi) is 4.73. The molecule has 0 bridgehead atoms. The first-order valence-electron chi connectivity index (χ1n) is 6.32. The van der Waals surface area contributed by atoms with Crippen molar-refractivity contribution in [2.45, 2.75) is 13.3 Å². The van der Waals surface area contributed by atoms with Crippen LogP contribution in [0.3, 0.4) is 0 Å². The summed E-state index contributed by atoms with van der Waals surface area (Å²) >= 11 is 1.01. The van der Waals surface area contributed by atoms with Crippen LogP contribution in [0.5, 0.6) is 5.75 Å². The highest BCUT2D eigenvalue weighted by Crippen LogP contribution is 2.31. The number of thiazole rings is 1. The van der Waals surface area contributed by atoms with Gasteiger partial charge in [0, 0.05) is 20.0 Å². The summed E-state index contributed by atoms with van der Waals surface area (Å²) in [5, 5.41) is 2.72. The predicted molar refractivity (Wildman–Crippen MR) is 78.2 cm³/mol. The van der Waals surface area contributed by atoms with Gasteiger partial charge in [-0.1, -0.05) is 11.3 Å². The van der Waals surface area contributed by atoms with Crippen LogP contribution in [-0.4, -0.2) is 41.7 Å². The molecule has 6 nitrogen and oxygen atoms in total. The lowest BCUT2D eigenvalue weighted by molar-refractivity contribution is -0.274. The van der Waals surface area contributed by atoms with Gasteiger partial charge in [0.25, 0.3) is 0 Å². The summed E-state index contributed by atoms with van der Waals surface area (Å²) in [4.78, 5) is 28.1. The highest BCUT2D eigenvalue weighted by molar-refractivity contribution is 7.22. The van der Waals surface area contributed by atoms with Crippen molar-refractivity contribution in [3.63, 3.8) is 0 Å². The fraction of sp³-hybridized carbons (Fsp3) is 0.308. The molecule has 0 saturated heterocycles. The minimum atomic E-state index is -4.77. The zero-order chi connectivity index (χ0) is 17.2. The Morgan fingerprint density at radius 2 is 2.09 bits per heavy atom. The number of benzene rings is 1. The molecule has 2 aromatic rings. The Morgan fingerprint density at radius 3 is 2.70 bits per heavy atom. The molecule has 0 aliphatic carbocycles. The number of hydrogen-bond acceptors (Lipinski definition) is 5. The molecule has 0 saturated carbocycles. The van der Waals surface area contributed by atoms with Crippen LogP contribution in [-0.2, 0) is 9.59 Å². The number of amides is 2. The Bertz CT molecular complexity index is 745. The first-order valence-corrected chi connectivity index (χ1v) is 7.13. The molecule has 0 aliphatic rings. The molecule has 0 unspecified atom stereocenters. The standard InChI is InChI=1S/C13H12F3N3O3S/c1-7(20)19(2)6-11(21)18-12-17-9-4-3-8(5-10(9)23-12)22-13(14,15)16/h3-5H,6H2,1-2H3,(H,17,18,21). The Balaban J connectivity index is 2.11. The third kappa shape index (κ3) is 4.81. The molecule has 124 valence electrons. The van der Waals surface area contributed by atoms with E-state index in [-0.39, 0.29) is 23.3 Å². The molecule has 2 rings (SSSR count). The van der Waals surface area contributed by atoms with Gasteiger partial charge in [-0.15, -0.1) is 13.2 Å². The second-order valence-electron chi connectivity index (χ2n) is 4.62. The molecule has 0 spiro atoms. The molecule has 0 radical (unpaired) electrons. The van der Waals surface area contributed by atoms with Crippen LogP contribution in [0.15, 0.2) is 18.2 Å². The van der Waals surface area contributed by atoms with E-state index >= 15 is 0 Å². The molecule has 0 aliphatic heterocycles. The summed E-state index contributed by atoms with van der Waals surface area (Å²) in [6, 6.07) is 3.70. The monoisotopic (exact) mass is 347 g/mol. The van der Waals surface area contributed by atoms with Crippen LogP contribution in [0.25, 0.3) is 10.2 Å². The molecule has 23 heavy (non-hydrogen) atoms. The normalized spacial score (nSPS) is 11.3. The Labute approximate surface area is 132 Å².